The molecular formula is C16H21FN2. The van der Waals surface area contributed by atoms with E-state index in [0.29, 0.717) is 12.5 Å². The second-order valence-electron chi connectivity index (χ2n) is 4.95. The summed E-state index contributed by atoms with van der Waals surface area (Å²) in [6, 6.07) is 11.2. The number of aromatic nitrogens is 1. The maximum atomic E-state index is 13.6. The van der Waals surface area contributed by atoms with Gasteiger partial charge in [-0.15, -0.1) is 0 Å². The van der Waals surface area contributed by atoms with E-state index >= 15 is 0 Å². The summed E-state index contributed by atoms with van der Waals surface area (Å²) in [6.07, 6.45) is 4.66. The standard InChI is InChI=1S/C16H21FN2/c1-19-12-4-7-16(19)14(10-11-18)9-8-13-5-2-3-6-15(13)17/h2-7,12,14H,8-11,18H2,1H3. The number of hydrogen-bond donors (Lipinski definition) is 1. The Morgan fingerprint density at radius 2 is 1.95 bits per heavy atom. The number of hydrogen-bond acceptors (Lipinski definition) is 1. The minimum absolute atomic E-state index is 0.110. The molecule has 0 amide bonds. The molecule has 19 heavy (non-hydrogen) atoms. The normalized spacial score (nSPS) is 12.6. The van der Waals surface area contributed by atoms with Crippen molar-refractivity contribution in [3.63, 3.8) is 0 Å². The molecule has 3 heteroatoms. The van der Waals surface area contributed by atoms with Crippen LogP contribution < -0.4 is 5.73 Å². The molecule has 1 heterocycles. The van der Waals surface area contributed by atoms with Crippen molar-refractivity contribution >= 4 is 0 Å². The van der Waals surface area contributed by atoms with Gasteiger partial charge in [0.15, 0.2) is 0 Å². The zero-order valence-electron chi connectivity index (χ0n) is 11.3. The molecule has 0 saturated heterocycles. The van der Waals surface area contributed by atoms with Gasteiger partial charge in [0.1, 0.15) is 5.82 Å². The van der Waals surface area contributed by atoms with Crippen molar-refractivity contribution in [1.29, 1.82) is 0 Å². The van der Waals surface area contributed by atoms with Crippen LogP contribution in [0.5, 0.6) is 0 Å². The van der Waals surface area contributed by atoms with Gasteiger partial charge < -0.3 is 10.3 Å². The zero-order chi connectivity index (χ0) is 13.7. The third-order valence-electron chi connectivity index (χ3n) is 3.64. The van der Waals surface area contributed by atoms with Gasteiger partial charge in [0.2, 0.25) is 0 Å². The van der Waals surface area contributed by atoms with E-state index in [1.807, 2.05) is 31.4 Å². The van der Waals surface area contributed by atoms with Gasteiger partial charge in [-0.05, 0) is 49.6 Å². The fraction of sp³-hybridized carbons (Fsp3) is 0.375. The maximum Gasteiger partial charge on any atom is 0.126 e. The summed E-state index contributed by atoms with van der Waals surface area (Å²) < 4.78 is 15.7. The van der Waals surface area contributed by atoms with Gasteiger partial charge in [-0.25, -0.2) is 4.39 Å². The van der Waals surface area contributed by atoms with Gasteiger partial charge >= 0.3 is 0 Å². The molecule has 1 aromatic carbocycles. The topological polar surface area (TPSA) is 30.9 Å². The molecule has 1 aromatic heterocycles. The van der Waals surface area contributed by atoms with E-state index in [1.54, 1.807) is 6.07 Å². The molecule has 102 valence electrons. The maximum absolute atomic E-state index is 13.6. The first-order chi connectivity index (χ1) is 9.22. The third-order valence-corrected chi connectivity index (χ3v) is 3.64. The van der Waals surface area contributed by atoms with Crippen molar-refractivity contribution in [3.05, 3.63) is 59.7 Å². The Balaban J connectivity index is 2.06. The summed E-state index contributed by atoms with van der Waals surface area (Å²) >= 11 is 0. The molecule has 2 rings (SSSR count). The van der Waals surface area contributed by atoms with Crippen molar-refractivity contribution < 1.29 is 4.39 Å². The first kappa shape index (κ1) is 13.8. The second-order valence-corrected chi connectivity index (χ2v) is 4.95. The SMILES string of the molecule is Cn1cccc1C(CCN)CCc1ccccc1F. The molecule has 0 bridgehead atoms. The van der Waals surface area contributed by atoms with Crippen molar-refractivity contribution in [2.75, 3.05) is 6.54 Å². The van der Waals surface area contributed by atoms with Crippen LogP contribution in [0.2, 0.25) is 0 Å². The predicted molar refractivity (Wildman–Crippen MR) is 76.5 cm³/mol. The van der Waals surface area contributed by atoms with Crippen LogP contribution in [0.15, 0.2) is 42.6 Å². The first-order valence-corrected chi connectivity index (χ1v) is 6.77. The average Bonchev–Trinajstić information content (AvgIpc) is 2.82. The lowest BCUT2D eigenvalue weighted by Gasteiger charge is -2.17. The van der Waals surface area contributed by atoms with Gasteiger partial charge in [0.05, 0.1) is 0 Å². The molecule has 0 aliphatic rings. The Morgan fingerprint density at radius 3 is 2.58 bits per heavy atom. The molecule has 2 nitrogen and oxygen atoms in total. The summed E-state index contributed by atoms with van der Waals surface area (Å²) in [4.78, 5) is 0. The van der Waals surface area contributed by atoms with Crippen LogP contribution in [0.1, 0.15) is 30.0 Å². The van der Waals surface area contributed by atoms with Crippen LogP contribution in [-0.4, -0.2) is 11.1 Å². The minimum Gasteiger partial charge on any atom is -0.354 e. The Labute approximate surface area is 114 Å². The highest BCUT2D eigenvalue weighted by Gasteiger charge is 2.14. The molecule has 0 saturated carbocycles. The highest BCUT2D eigenvalue weighted by atomic mass is 19.1. The average molecular weight is 260 g/mol. The van der Waals surface area contributed by atoms with Gasteiger partial charge in [-0.2, -0.15) is 0 Å². The summed E-state index contributed by atoms with van der Waals surface area (Å²) in [5.74, 6) is 0.283. The molecule has 2 aromatic rings. The number of benzene rings is 1. The first-order valence-electron chi connectivity index (χ1n) is 6.77. The molecule has 0 aliphatic heterocycles. The predicted octanol–water partition coefficient (Wildman–Crippen LogP) is 3.23. The van der Waals surface area contributed by atoms with Crippen molar-refractivity contribution in [3.8, 4) is 0 Å². The number of nitrogens with zero attached hydrogens (tertiary/aromatic N) is 1. The van der Waals surface area contributed by atoms with Gasteiger partial charge in [0.25, 0.3) is 0 Å². The lowest BCUT2D eigenvalue weighted by molar-refractivity contribution is 0.538. The zero-order valence-corrected chi connectivity index (χ0v) is 11.3. The highest BCUT2D eigenvalue weighted by Crippen LogP contribution is 2.25. The lowest BCUT2D eigenvalue weighted by atomic mass is 9.93. The Morgan fingerprint density at radius 1 is 1.16 bits per heavy atom. The fourth-order valence-corrected chi connectivity index (χ4v) is 2.57. The van der Waals surface area contributed by atoms with Crippen molar-refractivity contribution in [1.82, 2.24) is 4.57 Å². The van der Waals surface area contributed by atoms with E-state index in [4.69, 9.17) is 5.73 Å². The van der Waals surface area contributed by atoms with Crippen LogP contribution >= 0.6 is 0 Å². The van der Waals surface area contributed by atoms with E-state index in [0.717, 1.165) is 24.8 Å². The molecule has 2 N–H and O–H groups in total. The Kier molecular flexibility index (Phi) is 4.74. The number of rotatable bonds is 6. The smallest absolute Gasteiger partial charge is 0.126 e. The Bertz CT molecular complexity index is 519. The van der Waals surface area contributed by atoms with Crippen LogP contribution in [-0.2, 0) is 13.5 Å². The summed E-state index contributed by atoms with van der Waals surface area (Å²) in [5.41, 5.74) is 7.77. The highest BCUT2D eigenvalue weighted by molar-refractivity contribution is 5.19. The van der Waals surface area contributed by atoms with E-state index in [2.05, 4.69) is 10.6 Å². The van der Waals surface area contributed by atoms with Gasteiger partial charge in [-0.3, -0.25) is 0 Å². The van der Waals surface area contributed by atoms with E-state index in [1.165, 1.54) is 11.8 Å². The Hall–Kier alpha value is -1.61. The fourth-order valence-electron chi connectivity index (χ4n) is 2.57. The second kappa shape index (κ2) is 6.53. The molecule has 0 fully saturated rings. The van der Waals surface area contributed by atoms with E-state index in [-0.39, 0.29) is 5.82 Å². The molecule has 0 aliphatic carbocycles. The van der Waals surface area contributed by atoms with E-state index < -0.39 is 0 Å². The summed E-state index contributed by atoms with van der Waals surface area (Å²) in [5, 5.41) is 0. The van der Waals surface area contributed by atoms with Crippen LogP contribution in [0, 0.1) is 5.82 Å². The minimum atomic E-state index is -0.110. The molecule has 0 radical (unpaired) electrons. The third kappa shape index (κ3) is 3.44. The molecule has 0 spiro atoms. The molecular weight excluding hydrogens is 239 g/mol. The summed E-state index contributed by atoms with van der Waals surface area (Å²) in [7, 11) is 2.04. The summed E-state index contributed by atoms with van der Waals surface area (Å²) in [6.45, 7) is 0.660. The van der Waals surface area contributed by atoms with Crippen LogP contribution in [0.4, 0.5) is 4.39 Å². The van der Waals surface area contributed by atoms with Crippen LogP contribution in [0.3, 0.4) is 0 Å². The lowest BCUT2D eigenvalue weighted by Crippen LogP contribution is -2.11. The van der Waals surface area contributed by atoms with Crippen LogP contribution in [0.25, 0.3) is 0 Å². The number of aryl methyl sites for hydroxylation is 2. The molecule has 1 unspecified atom stereocenters. The molecule has 1 atom stereocenters. The van der Waals surface area contributed by atoms with Gasteiger partial charge in [-0.1, -0.05) is 18.2 Å². The van der Waals surface area contributed by atoms with E-state index in [9.17, 15) is 4.39 Å². The quantitative estimate of drug-likeness (QED) is 0.849. The van der Waals surface area contributed by atoms with Crippen molar-refractivity contribution in [2.24, 2.45) is 12.8 Å². The number of halogens is 1. The van der Waals surface area contributed by atoms with Crippen molar-refractivity contribution in [2.45, 2.75) is 25.2 Å². The largest absolute Gasteiger partial charge is 0.354 e. The van der Waals surface area contributed by atoms with Gasteiger partial charge in [0, 0.05) is 24.9 Å². The monoisotopic (exact) mass is 260 g/mol. The number of nitrogens with two attached hydrogens (primary N) is 1.